The molecule has 142 valence electrons. The van der Waals surface area contributed by atoms with Gasteiger partial charge in [-0.1, -0.05) is 39.7 Å². The Labute approximate surface area is 167 Å². The summed E-state index contributed by atoms with van der Waals surface area (Å²) in [5, 5.41) is 0.594. The second kappa shape index (κ2) is 7.94. The van der Waals surface area contributed by atoms with Crippen molar-refractivity contribution in [3.05, 3.63) is 81.0 Å². The fourth-order valence-electron chi connectivity index (χ4n) is 2.84. The minimum Gasteiger partial charge on any atom is -0.462 e. The van der Waals surface area contributed by atoms with Gasteiger partial charge in [0.05, 0.1) is 6.20 Å². The van der Waals surface area contributed by atoms with E-state index in [1.165, 1.54) is 0 Å². The van der Waals surface area contributed by atoms with E-state index in [4.69, 9.17) is 16.3 Å². The molecule has 3 nitrogen and oxygen atoms in total. The number of carbonyl (C=O) groups is 1. The van der Waals surface area contributed by atoms with Crippen LogP contribution in [0.15, 0.2) is 70.4 Å². The van der Waals surface area contributed by atoms with Gasteiger partial charge < -0.3 is 4.74 Å². The third kappa shape index (κ3) is 4.65. The lowest BCUT2D eigenvalue weighted by Gasteiger charge is -2.24. The molecule has 1 aromatic rings. The van der Waals surface area contributed by atoms with Crippen molar-refractivity contribution in [2.24, 2.45) is 0 Å². The standard InChI is InChI=1S/C19H14BrClF3NO2/c20-14-5-6-16(21)13(10-14)9-12-3-1-2-4-15(12)17-11-25(7-8-27-17)18(26)19(22,23)24/h1,3,5-8,10-11H,2,4,9H2. The molecule has 0 saturated heterocycles. The summed E-state index contributed by atoms with van der Waals surface area (Å²) in [5.41, 5.74) is 2.50. The average molecular weight is 461 g/mol. The van der Waals surface area contributed by atoms with Crippen LogP contribution in [0.2, 0.25) is 5.02 Å². The van der Waals surface area contributed by atoms with Crippen LogP contribution >= 0.6 is 27.5 Å². The van der Waals surface area contributed by atoms with E-state index >= 15 is 0 Å². The first kappa shape index (κ1) is 19.8. The topological polar surface area (TPSA) is 29.5 Å². The SMILES string of the molecule is O=C(N1C=COC(C2=C(Cc3cc(Br)ccc3Cl)C=CCC2)=C1)C(F)(F)F. The van der Waals surface area contributed by atoms with Gasteiger partial charge in [-0.15, -0.1) is 0 Å². The summed E-state index contributed by atoms with van der Waals surface area (Å²) < 4.78 is 44.4. The van der Waals surface area contributed by atoms with Crippen molar-refractivity contribution >= 4 is 33.4 Å². The van der Waals surface area contributed by atoms with Crippen LogP contribution in [0.1, 0.15) is 18.4 Å². The fraction of sp³-hybridized carbons (Fsp3) is 0.211. The largest absolute Gasteiger partial charge is 0.472 e. The molecule has 1 aromatic carbocycles. The number of halogens is 5. The van der Waals surface area contributed by atoms with Gasteiger partial charge in [0.25, 0.3) is 0 Å². The summed E-state index contributed by atoms with van der Waals surface area (Å²) in [6.07, 6.45) is 3.84. The summed E-state index contributed by atoms with van der Waals surface area (Å²) in [5.74, 6) is -1.75. The van der Waals surface area contributed by atoms with E-state index in [1.807, 2.05) is 24.3 Å². The van der Waals surface area contributed by atoms with Crippen LogP contribution in [0.4, 0.5) is 13.2 Å². The van der Waals surface area contributed by atoms with Crippen molar-refractivity contribution in [2.45, 2.75) is 25.4 Å². The van der Waals surface area contributed by atoms with E-state index in [2.05, 4.69) is 15.9 Å². The van der Waals surface area contributed by atoms with Gasteiger partial charge in [0.15, 0.2) is 0 Å². The predicted octanol–water partition coefficient (Wildman–Crippen LogP) is 6.03. The van der Waals surface area contributed by atoms with Crippen LogP contribution in [0.25, 0.3) is 0 Å². The van der Waals surface area contributed by atoms with Gasteiger partial charge in [0.2, 0.25) is 0 Å². The van der Waals surface area contributed by atoms with E-state index in [1.54, 1.807) is 6.07 Å². The molecule has 0 unspecified atom stereocenters. The highest BCUT2D eigenvalue weighted by molar-refractivity contribution is 9.10. The first-order chi connectivity index (χ1) is 12.8. The molecule has 0 radical (unpaired) electrons. The van der Waals surface area contributed by atoms with Crippen LogP contribution in [-0.2, 0) is 16.0 Å². The first-order valence-corrected chi connectivity index (χ1v) is 9.20. The molecule has 1 amide bonds. The molecule has 8 heteroatoms. The molecule has 0 aromatic heterocycles. The van der Waals surface area contributed by atoms with E-state index in [0.717, 1.165) is 46.3 Å². The number of nitrogens with zero attached hydrogens (tertiary/aromatic N) is 1. The van der Waals surface area contributed by atoms with Crippen LogP contribution in [0.3, 0.4) is 0 Å². The number of benzene rings is 1. The van der Waals surface area contributed by atoms with Crippen molar-refractivity contribution in [1.29, 1.82) is 0 Å². The maximum Gasteiger partial charge on any atom is 0.472 e. The Hall–Kier alpha value is -1.99. The van der Waals surface area contributed by atoms with E-state index < -0.39 is 12.1 Å². The lowest BCUT2D eigenvalue weighted by atomic mass is 9.91. The quantitative estimate of drug-likeness (QED) is 0.552. The Morgan fingerprint density at radius 2 is 2.11 bits per heavy atom. The third-order valence-corrected chi connectivity index (χ3v) is 4.97. The second-order valence-corrected chi connectivity index (χ2v) is 7.29. The van der Waals surface area contributed by atoms with Gasteiger partial charge in [-0.3, -0.25) is 9.69 Å². The van der Waals surface area contributed by atoms with Crippen molar-refractivity contribution in [2.75, 3.05) is 0 Å². The molecule has 1 aliphatic heterocycles. The van der Waals surface area contributed by atoms with Crippen molar-refractivity contribution < 1.29 is 22.7 Å². The Morgan fingerprint density at radius 1 is 1.33 bits per heavy atom. The lowest BCUT2D eigenvalue weighted by molar-refractivity contribution is -0.180. The van der Waals surface area contributed by atoms with Crippen molar-refractivity contribution in [3.63, 3.8) is 0 Å². The Kier molecular flexibility index (Phi) is 5.81. The molecule has 0 saturated carbocycles. The summed E-state index contributed by atoms with van der Waals surface area (Å²) in [4.78, 5) is 12.0. The zero-order valence-corrected chi connectivity index (χ0v) is 16.2. The molecular formula is C19H14BrClF3NO2. The molecule has 0 bridgehead atoms. The normalized spacial score (nSPS) is 17.1. The summed E-state index contributed by atoms with van der Waals surface area (Å²) in [6, 6.07) is 5.50. The number of hydrogen-bond acceptors (Lipinski definition) is 2. The monoisotopic (exact) mass is 459 g/mol. The smallest absolute Gasteiger partial charge is 0.462 e. The molecule has 3 rings (SSSR count). The van der Waals surface area contributed by atoms with Gasteiger partial charge in [0, 0.05) is 21.3 Å². The highest BCUT2D eigenvalue weighted by Gasteiger charge is 2.42. The minimum absolute atomic E-state index is 0.223. The molecule has 0 N–H and O–H groups in total. The lowest BCUT2D eigenvalue weighted by Crippen LogP contribution is -2.35. The van der Waals surface area contributed by atoms with Gasteiger partial charge in [-0.05, 0) is 48.6 Å². The van der Waals surface area contributed by atoms with Gasteiger partial charge in [-0.25, -0.2) is 0 Å². The second-order valence-electron chi connectivity index (χ2n) is 5.96. The van der Waals surface area contributed by atoms with Crippen LogP contribution < -0.4 is 0 Å². The maximum atomic E-state index is 12.7. The molecule has 27 heavy (non-hydrogen) atoms. The Morgan fingerprint density at radius 3 is 2.85 bits per heavy atom. The molecule has 0 spiro atoms. The van der Waals surface area contributed by atoms with Crippen LogP contribution in [0.5, 0.6) is 0 Å². The number of amides is 1. The summed E-state index contributed by atoms with van der Waals surface area (Å²) in [7, 11) is 0. The highest BCUT2D eigenvalue weighted by Crippen LogP contribution is 2.33. The molecule has 0 fully saturated rings. The van der Waals surface area contributed by atoms with E-state index in [0.29, 0.717) is 22.8 Å². The van der Waals surface area contributed by atoms with Crippen molar-refractivity contribution in [1.82, 2.24) is 4.90 Å². The average Bonchev–Trinajstić information content (AvgIpc) is 2.64. The predicted molar refractivity (Wildman–Crippen MR) is 99.5 cm³/mol. The Balaban J connectivity index is 1.94. The molecule has 2 aliphatic rings. The highest BCUT2D eigenvalue weighted by atomic mass is 79.9. The van der Waals surface area contributed by atoms with Gasteiger partial charge in [-0.2, -0.15) is 13.2 Å². The number of ether oxygens (including phenoxy) is 1. The van der Waals surface area contributed by atoms with Gasteiger partial charge in [0.1, 0.15) is 12.0 Å². The number of allylic oxidation sites excluding steroid dienone is 4. The van der Waals surface area contributed by atoms with E-state index in [-0.39, 0.29) is 5.76 Å². The maximum absolute atomic E-state index is 12.7. The van der Waals surface area contributed by atoms with Crippen LogP contribution in [-0.4, -0.2) is 17.0 Å². The van der Waals surface area contributed by atoms with Crippen LogP contribution in [0, 0.1) is 0 Å². The number of carbonyl (C=O) groups excluding carboxylic acids is 1. The zero-order valence-electron chi connectivity index (χ0n) is 13.9. The van der Waals surface area contributed by atoms with E-state index in [9.17, 15) is 18.0 Å². The molecule has 1 aliphatic carbocycles. The first-order valence-electron chi connectivity index (χ1n) is 8.03. The number of alkyl halides is 3. The minimum atomic E-state index is -4.96. The van der Waals surface area contributed by atoms with Gasteiger partial charge >= 0.3 is 12.1 Å². The number of hydrogen-bond donors (Lipinski definition) is 0. The fourth-order valence-corrected chi connectivity index (χ4v) is 3.43. The zero-order chi connectivity index (χ0) is 19.6. The summed E-state index contributed by atoms with van der Waals surface area (Å²) in [6.45, 7) is 0. The molecule has 1 heterocycles. The van der Waals surface area contributed by atoms with Crippen molar-refractivity contribution in [3.8, 4) is 0 Å². The Bertz CT molecular complexity index is 887. The molecular weight excluding hydrogens is 447 g/mol. The third-order valence-electron chi connectivity index (χ3n) is 4.10. The molecule has 0 atom stereocenters. The summed E-state index contributed by atoms with van der Waals surface area (Å²) >= 11 is 9.67. The number of rotatable bonds is 3.